The highest BCUT2D eigenvalue weighted by atomic mass is 31.2. The van der Waals surface area contributed by atoms with Crippen LogP contribution in [0.3, 0.4) is 0 Å². The number of nitrogen functional groups attached to an aromatic ring is 4. The van der Waals surface area contributed by atoms with E-state index in [1.165, 1.54) is 44.9 Å². The summed E-state index contributed by atoms with van der Waals surface area (Å²) in [6.45, 7) is -1.91. The normalized spacial score (nSPS) is 37.3. The van der Waals surface area contributed by atoms with Gasteiger partial charge < -0.3 is 90.6 Å². The molecule has 20 atom stereocenters. The Morgan fingerprint density at radius 1 is 0.516 bits per heavy atom. The number of phosphoric acid groups is 3. The zero-order valence-corrected chi connectivity index (χ0v) is 49.0. The fraction of sp³-hybridized carbons (Fsp3) is 0.512. The molecule has 6 aliphatic heterocycles. The van der Waals surface area contributed by atoms with Gasteiger partial charge in [-0.1, -0.05) is 7.43 Å². The molecule has 44 nitrogen and oxygen atoms in total. The van der Waals surface area contributed by atoms with Gasteiger partial charge in [0.2, 0.25) is 11.9 Å². The monoisotopic (exact) mass is 1360 g/mol. The van der Waals surface area contributed by atoms with Gasteiger partial charge in [0.25, 0.3) is 18.9 Å². The molecule has 48 heteroatoms. The molecule has 14 rings (SSSR count). The van der Waals surface area contributed by atoms with Crippen molar-refractivity contribution in [3.05, 3.63) is 64.6 Å². The number of aliphatic hydroxyl groups excluding tert-OH is 4. The summed E-state index contributed by atoms with van der Waals surface area (Å²) >= 11 is 0. The van der Waals surface area contributed by atoms with Gasteiger partial charge in [-0.05, 0) is 6.07 Å². The minimum Gasteiger partial charge on any atom is -0.756 e. The molecule has 6 bridgehead atoms. The third-order valence-corrected chi connectivity index (χ3v) is 19.1. The van der Waals surface area contributed by atoms with Gasteiger partial charge in [-0.2, -0.15) is 9.97 Å². The van der Waals surface area contributed by atoms with Gasteiger partial charge in [0.15, 0.2) is 64.4 Å². The zero-order chi connectivity index (χ0) is 63.7. The molecule has 6 fully saturated rings. The number of pyridine rings is 1. The van der Waals surface area contributed by atoms with Crippen molar-refractivity contribution < 1.29 is 109 Å². The van der Waals surface area contributed by atoms with E-state index in [4.69, 9.17) is 78.1 Å². The van der Waals surface area contributed by atoms with Crippen molar-refractivity contribution in [2.24, 2.45) is 0 Å². The number of phosphoric ester groups is 3. The predicted octanol–water partition coefficient (Wildman–Crippen LogP) is -3.35. The Labute approximate surface area is 505 Å². The number of aromatic amines is 2. The Morgan fingerprint density at radius 2 is 0.945 bits per heavy atom. The smallest absolute Gasteiger partial charge is 0.472 e. The van der Waals surface area contributed by atoms with Gasteiger partial charge in [-0.25, -0.2) is 44.0 Å². The summed E-state index contributed by atoms with van der Waals surface area (Å²) in [4.78, 5) is 100.0. The summed E-state index contributed by atoms with van der Waals surface area (Å²) in [5, 5.41) is 44.4. The molecule has 0 saturated carbocycles. The second-order valence-corrected chi connectivity index (χ2v) is 26.9. The quantitative estimate of drug-likeness (QED) is 0.0766. The number of nitrogens with one attached hydrogen (secondary N) is 2. The molecule has 6 saturated heterocycles. The maximum atomic E-state index is 13.6. The first-order valence-electron chi connectivity index (χ1n) is 26.3. The minimum atomic E-state index is -5.30. The largest absolute Gasteiger partial charge is 0.756 e. The van der Waals surface area contributed by atoms with Gasteiger partial charge in [-0.3, -0.25) is 69.6 Å². The van der Waals surface area contributed by atoms with Crippen LogP contribution in [0.5, 0.6) is 0 Å². The van der Waals surface area contributed by atoms with Crippen LogP contribution in [0.1, 0.15) is 32.3 Å². The average Bonchev–Trinajstić information content (AvgIpc) is 1.64. The fourth-order valence-corrected chi connectivity index (χ4v) is 14.7. The van der Waals surface area contributed by atoms with Crippen LogP contribution < -0.4 is 38.9 Å². The highest BCUT2D eigenvalue weighted by molar-refractivity contribution is 7.53. The molecule has 0 aliphatic carbocycles. The number of hydrogen-bond acceptors (Lipinski definition) is 36. The van der Waals surface area contributed by atoms with Gasteiger partial charge in [-0.15, -0.1) is 0 Å². The maximum Gasteiger partial charge on any atom is 0.472 e. The first kappa shape index (κ1) is 64.3. The summed E-state index contributed by atoms with van der Waals surface area (Å²) in [6.07, 6.45) is -17.2. The van der Waals surface area contributed by atoms with E-state index in [-0.39, 0.29) is 75.5 Å². The Hall–Kier alpha value is -6.77. The number of aromatic nitrogens is 15. The fourth-order valence-electron chi connectivity index (χ4n) is 10.8. The molecule has 6 aliphatic rings. The van der Waals surface area contributed by atoms with E-state index in [1.54, 1.807) is 0 Å². The Morgan fingerprint density at radius 3 is 1.48 bits per heavy atom. The first-order valence-corrected chi connectivity index (χ1v) is 32.7. The lowest BCUT2D eigenvalue weighted by Gasteiger charge is -2.30. The van der Waals surface area contributed by atoms with Crippen molar-refractivity contribution in [3.63, 3.8) is 0 Å². The topological polar surface area (TPSA) is 629 Å². The maximum absolute atomic E-state index is 13.6. The van der Waals surface area contributed by atoms with Crippen LogP contribution in [0.2, 0.25) is 0 Å². The molecular weight excluding hydrogens is 1310 g/mol. The summed E-state index contributed by atoms with van der Waals surface area (Å²) in [5.41, 5.74) is 22.4. The predicted molar refractivity (Wildman–Crippen MR) is 297 cm³/mol. The van der Waals surface area contributed by atoms with Crippen molar-refractivity contribution in [1.29, 1.82) is 0 Å². The molecule has 4 unspecified atom stereocenters. The summed E-state index contributed by atoms with van der Waals surface area (Å²) in [5.74, 6) is -0.477. The second-order valence-electron chi connectivity index (χ2n) is 20.7. The molecular formula is C43H54N19O25P4-. The van der Waals surface area contributed by atoms with Gasteiger partial charge in [0.1, 0.15) is 90.6 Å². The van der Waals surface area contributed by atoms with Crippen LogP contribution in [0.25, 0.3) is 44.7 Å². The van der Waals surface area contributed by atoms with E-state index < -0.39 is 167 Å². The number of anilines is 4. The van der Waals surface area contributed by atoms with Gasteiger partial charge in [0.05, 0.1) is 57.4 Å². The number of fused-ring (bicyclic) bond motifs is 11. The minimum absolute atomic E-state index is 0. The molecule has 8 aromatic rings. The van der Waals surface area contributed by atoms with E-state index >= 15 is 0 Å². The highest BCUT2D eigenvalue weighted by Crippen LogP contribution is 2.56. The molecule has 16 N–H and O–H groups in total. The number of nitrogens with zero attached hydrogens (tertiary/aromatic N) is 13. The molecule has 8 aromatic heterocycles. The number of nitrogens with two attached hydrogens (primary N) is 4. The van der Waals surface area contributed by atoms with Crippen LogP contribution >= 0.6 is 31.1 Å². The lowest BCUT2D eigenvalue weighted by molar-refractivity contribution is -0.236. The number of H-pyrrole nitrogens is 2. The summed E-state index contributed by atoms with van der Waals surface area (Å²) < 4.78 is 124. The third-order valence-electron chi connectivity index (χ3n) is 14.9. The Bertz CT molecular complexity index is 4420. The molecule has 492 valence electrons. The van der Waals surface area contributed by atoms with E-state index in [1.807, 2.05) is 0 Å². The lowest BCUT2D eigenvalue weighted by Crippen LogP contribution is -2.38. The molecule has 0 amide bonds. The first-order chi connectivity index (χ1) is 42.6. The molecule has 0 aromatic carbocycles. The highest BCUT2D eigenvalue weighted by Gasteiger charge is 2.56. The lowest BCUT2D eigenvalue weighted by atomic mass is 10.1. The van der Waals surface area contributed by atoms with Gasteiger partial charge >= 0.3 is 23.2 Å². The van der Waals surface area contributed by atoms with Crippen LogP contribution in [-0.4, -0.2) is 210 Å². The van der Waals surface area contributed by atoms with Crippen LogP contribution in [0.15, 0.2) is 53.5 Å². The molecule has 0 spiro atoms. The number of imidazole rings is 4. The van der Waals surface area contributed by atoms with Crippen molar-refractivity contribution in [2.45, 2.75) is 106 Å². The molecule has 91 heavy (non-hydrogen) atoms. The van der Waals surface area contributed by atoms with Crippen molar-refractivity contribution in [1.82, 2.24) is 73.1 Å². The summed E-state index contributed by atoms with van der Waals surface area (Å²) in [7, 11) is -19.5. The van der Waals surface area contributed by atoms with E-state index in [2.05, 4.69) is 54.8 Å². The Kier molecular flexibility index (Phi) is 16.9. The number of aliphatic hydroxyl groups is 4. The van der Waals surface area contributed by atoms with Gasteiger partial charge in [0, 0.05) is 12.9 Å². The summed E-state index contributed by atoms with van der Waals surface area (Å²) in [6, 6.07) is 1.50. The standard InChI is InChI=1S/C21H26N10O12P2.C21H25N9O13P2.CH4/c1-44(35)38-2-7-12(33)14(20(40-7)31-6-27-10-17(31)28-21(23)29-18(10)34)43-45(36,37)39-3-8-11(32)13(42-44)19(41-8)30-5-26-9-15(22)24-4-25-16(9)30;22-7-1-2-24-16-10(7)25-5-29(16)19-13(32)14-9(41-19)4-39-45(36,37)43-15-12(31)8(3-38-44(34,35)42-14)40-20(15)30-6-26-11-17(30)27-21(23)28-18(11)33;/h4-8,11-14,19-20,32-33H,2-3H2,1H3,(H,36,37)(H2,22,24,25)(H3,23,28,29,34);1-2,5-6,8-9,12-15,19-20,31-32H,3-4H2,(H2,22,24)(H,34,35)(H,36,37)(H3,23,27,28,33);1H4/p-1/t7-,8-,11-,12-,13-,14-,19-,20-,44?;8-,9-,12-,13-,14-,15-,19-,20-;/m11./s1. The van der Waals surface area contributed by atoms with Crippen LogP contribution in [-0.2, 0) is 73.4 Å². The third kappa shape index (κ3) is 12.1. The second kappa shape index (κ2) is 24.0. The zero-order valence-electron chi connectivity index (χ0n) is 45.5. The van der Waals surface area contributed by atoms with E-state index in [9.17, 15) is 63.0 Å². The van der Waals surface area contributed by atoms with E-state index in [0.717, 1.165) is 23.9 Å². The number of rotatable bonds is 4. The molecule has 14 heterocycles. The molecule has 0 radical (unpaired) electrons. The van der Waals surface area contributed by atoms with Crippen molar-refractivity contribution in [2.75, 3.05) is 56.0 Å². The SMILES string of the molecule is C.CP1(=O)OC[C@H]2O[C@@H](n3cnc4c(=O)[nH]c(N)nc43)[C@H](OP(=O)(O)OC[C@H]3O[C@@H](n4cnc5c(N)ncnc54)[C@H](O1)[C@@H]3O)[C@@H]2O.Nc1nc2c(ncn2[C@@H]2O[C@@H]3COP(=O)([O-])O[C@H]4[C@@H](O)[C@H](n5cnc6c(N)ccnc65)O[C@@H]4COP(=O)(O)O[C@@H]2[C@@H]3O)c(=O)[nH]1. The average molecular weight is 1360 g/mol. The number of hydrogen-bond donors (Lipinski definition) is 12. The Balaban J connectivity index is 0.000000174. The van der Waals surface area contributed by atoms with E-state index in [0.29, 0.717) is 0 Å². The van der Waals surface area contributed by atoms with Crippen molar-refractivity contribution >= 4 is 99.1 Å². The van der Waals surface area contributed by atoms with Crippen LogP contribution in [0, 0.1) is 0 Å². The number of ether oxygens (including phenoxy) is 4. The van der Waals surface area contributed by atoms with Crippen molar-refractivity contribution in [3.8, 4) is 0 Å². The van der Waals surface area contributed by atoms with Crippen LogP contribution in [0.4, 0.5) is 23.4 Å².